The molecule has 156 valence electrons. The number of rotatable bonds is 7. The van der Waals surface area contributed by atoms with Crippen LogP contribution < -0.4 is 26.1 Å². The molecule has 0 spiro atoms. The van der Waals surface area contributed by atoms with Crippen molar-refractivity contribution in [3.63, 3.8) is 0 Å². The van der Waals surface area contributed by atoms with Crippen molar-refractivity contribution in [2.24, 2.45) is 5.14 Å². The summed E-state index contributed by atoms with van der Waals surface area (Å²) in [5.41, 5.74) is 1.66. The lowest BCUT2D eigenvalue weighted by molar-refractivity contribution is 0.531. The summed E-state index contributed by atoms with van der Waals surface area (Å²) in [5, 5.41) is 11.8. The Hall–Kier alpha value is -2.88. The highest BCUT2D eigenvalue weighted by Crippen LogP contribution is 2.27. The predicted molar refractivity (Wildman–Crippen MR) is 123 cm³/mol. The van der Waals surface area contributed by atoms with Gasteiger partial charge in [0.2, 0.25) is 0 Å². The fourth-order valence-corrected chi connectivity index (χ4v) is 3.44. The van der Waals surface area contributed by atoms with Crippen molar-refractivity contribution in [3.05, 3.63) is 82.1 Å². The van der Waals surface area contributed by atoms with Gasteiger partial charge in [0.15, 0.2) is 0 Å². The summed E-state index contributed by atoms with van der Waals surface area (Å²) < 4.78 is 25.7. The molecule has 3 rings (SSSR count). The van der Waals surface area contributed by atoms with Crippen LogP contribution in [0.3, 0.4) is 0 Å². The quantitative estimate of drug-likeness (QED) is 0.216. The van der Waals surface area contributed by atoms with Gasteiger partial charge in [-0.05, 0) is 54.7 Å². The van der Waals surface area contributed by atoms with Gasteiger partial charge in [-0.15, -0.1) is 0 Å². The van der Waals surface area contributed by atoms with Gasteiger partial charge >= 0.3 is 5.63 Å². The maximum absolute atomic E-state index is 14.8. The molecule has 0 fully saturated rings. The summed E-state index contributed by atoms with van der Waals surface area (Å²) in [6.45, 7) is 5.32. The monoisotopic (exact) mass is 445 g/mol. The molecule has 6 nitrogen and oxygen atoms in total. The molecule has 0 radical (unpaired) electrons. The molecule has 3 aromatic rings. The fourth-order valence-electron chi connectivity index (χ4n) is 3.02. The van der Waals surface area contributed by atoms with E-state index in [0.29, 0.717) is 34.0 Å². The fraction of sp³-hybridized carbons (Fsp3) is 0.143. The molecule has 4 N–H and O–H groups in total. The largest absolute Gasteiger partial charge is 0.432 e. The number of anilines is 1. The van der Waals surface area contributed by atoms with Gasteiger partial charge in [0, 0.05) is 23.4 Å². The Labute approximate surface area is 182 Å². The highest BCUT2D eigenvalue weighted by molar-refractivity contribution is 7.97. The van der Waals surface area contributed by atoms with Crippen LogP contribution in [0.2, 0.25) is 0 Å². The van der Waals surface area contributed by atoms with E-state index >= 15 is 0 Å². The minimum Gasteiger partial charge on any atom is -0.432 e. The first-order valence-corrected chi connectivity index (χ1v) is 10.4. The van der Waals surface area contributed by atoms with Crippen molar-refractivity contribution in [2.45, 2.75) is 13.3 Å². The molecule has 1 heterocycles. The lowest BCUT2D eigenvalue weighted by Gasteiger charge is -2.12. The van der Waals surface area contributed by atoms with Gasteiger partial charge in [0.05, 0.1) is 11.6 Å². The molecule has 0 saturated heterocycles. The van der Waals surface area contributed by atoms with Crippen LogP contribution in [-0.2, 0) is 6.42 Å². The number of ether oxygens (including phenoxy) is 1. The number of nitrogens with one attached hydrogen (secondary N) is 2. The number of fused-ring (bicyclic) bond motifs is 1. The van der Waals surface area contributed by atoms with E-state index in [1.165, 1.54) is 6.20 Å². The summed E-state index contributed by atoms with van der Waals surface area (Å²) in [7, 11) is 0. The average molecular weight is 446 g/mol. The first-order chi connectivity index (χ1) is 14.4. The summed E-state index contributed by atoms with van der Waals surface area (Å²) in [5.74, 6) is 0.366. The van der Waals surface area contributed by atoms with Gasteiger partial charge in [-0.2, -0.15) is 0 Å². The highest BCUT2D eigenvalue weighted by Gasteiger charge is 2.16. The van der Waals surface area contributed by atoms with Gasteiger partial charge < -0.3 is 19.8 Å². The second-order valence-electron chi connectivity index (χ2n) is 6.33. The summed E-state index contributed by atoms with van der Waals surface area (Å²) >= 11 is 6.07. The van der Waals surface area contributed by atoms with Crippen LogP contribution >= 0.6 is 24.2 Å². The normalized spacial score (nSPS) is 10.6. The molecule has 0 aliphatic heterocycles. The number of thiocarbonyl (C=S) groups is 1. The third kappa shape index (κ3) is 4.81. The van der Waals surface area contributed by atoms with E-state index in [-0.39, 0.29) is 11.6 Å². The average Bonchev–Trinajstić information content (AvgIpc) is 2.71. The van der Waals surface area contributed by atoms with Crippen LogP contribution in [0.4, 0.5) is 10.1 Å². The molecule has 0 atom stereocenters. The van der Waals surface area contributed by atoms with Gasteiger partial charge in [-0.1, -0.05) is 30.7 Å². The van der Waals surface area contributed by atoms with Crippen molar-refractivity contribution < 1.29 is 13.5 Å². The minimum atomic E-state index is -0.529. The molecule has 0 bridgehead atoms. The number of halogens is 1. The molecule has 0 amide bonds. The lowest BCUT2D eigenvalue weighted by Crippen LogP contribution is -2.20. The van der Waals surface area contributed by atoms with E-state index in [4.69, 9.17) is 26.5 Å². The highest BCUT2D eigenvalue weighted by atomic mass is 32.2. The molecule has 1 aromatic heterocycles. The third-order valence-electron chi connectivity index (χ3n) is 4.48. The Morgan fingerprint density at radius 1 is 1.40 bits per heavy atom. The first-order valence-electron chi connectivity index (χ1n) is 8.93. The molecular formula is C21H20FN3O3S2. The van der Waals surface area contributed by atoms with Crippen LogP contribution in [0.5, 0.6) is 5.75 Å². The Morgan fingerprint density at radius 3 is 2.93 bits per heavy atom. The van der Waals surface area contributed by atoms with E-state index in [0.717, 1.165) is 22.9 Å². The van der Waals surface area contributed by atoms with Crippen molar-refractivity contribution >= 4 is 46.0 Å². The second kappa shape index (κ2) is 9.75. The molecule has 9 heteroatoms. The number of benzene rings is 2. The Morgan fingerprint density at radius 2 is 2.20 bits per heavy atom. The second-order valence-corrected chi connectivity index (χ2v) is 7.33. The molecule has 2 aromatic carbocycles. The number of hydrogen-bond donors (Lipinski definition) is 3. The smallest absolute Gasteiger partial charge is 0.340 e. The van der Waals surface area contributed by atoms with Gasteiger partial charge in [0.1, 0.15) is 17.1 Å². The molecule has 0 aliphatic carbocycles. The van der Waals surface area contributed by atoms with E-state index in [1.54, 1.807) is 36.4 Å². The van der Waals surface area contributed by atoms with Crippen LogP contribution in [0, 0.1) is 12.7 Å². The van der Waals surface area contributed by atoms with Crippen LogP contribution in [-0.4, -0.2) is 11.1 Å². The van der Waals surface area contributed by atoms with E-state index in [9.17, 15) is 9.18 Å². The first kappa shape index (κ1) is 21.8. The SMILES string of the molecule is C=CNC(=S)Oc1ccc2c(C)c(Cc3cccc(NCSN)c3F)c(=O)oc2c1. The maximum atomic E-state index is 14.8. The zero-order chi connectivity index (χ0) is 21.7. The van der Waals surface area contributed by atoms with E-state index < -0.39 is 11.4 Å². The van der Waals surface area contributed by atoms with Crippen LogP contribution in [0.15, 0.2) is 58.4 Å². The number of aryl methyl sites for hydroxylation is 1. The molecule has 30 heavy (non-hydrogen) atoms. The summed E-state index contributed by atoms with van der Waals surface area (Å²) in [6.07, 6.45) is 1.51. The summed E-state index contributed by atoms with van der Waals surface area (Å²) in [6, 6.07) is 10.1. The van der Waals surface area contributed by atoms with Crippen molar-refractivity contribution in [1.29, 1.82) is 0 Å². The molecule has 0 aliphatic rings. The zero-order valence-electron chi connectivity index (χ0n) is 16.2. The van der Waals surface area contributed by atoms with Crippen LogP contribution in [0.1, 0.15) is 16.7 Å². The topological polar surface area (TPSA) is 89.5 Å². The number of nitrogens with two attached hydrogens (primary N) is 1. The van der Waals surface area contributed by atoms with Gasteiger partial charge in [0.25, 0.3) is 5.17 Å². The molecule has 0 unspecified atom stereocenters. The van der Waals surface area contributed by atoms with Gasteiger partial charge in [-0.25, -0.2) is 9.18 Å². The summed E-state index contributed by atoms with van der Waals surface area (Å²) in [4.78, 5) is 12.6. The molecule has 0 saturated carbocycles. The van der Waals surface area contributed by atoms with Crippen LogP contribution in [0.25, 0.3) is 11.0 Å². The van der Waals surface area contributed by atoms with Crippen molar-refractivity contribution in [1.82, 2.24) is 5.32 Å². The van der Waals surface area contributed by atoms with E-state index in [1.807, 2.05) is 6.92 Å². The maximum Gasteiger partial charge on any atom is 0.340 e. The zero-order valence-corrected chi connectivity index (χ0v) is 17.8. The van der Waals surface area contributed by atoms with Crippen molar-refractivity contribution in [3.8, 4) is 5.75 Å². The third-order valence-corrected chi connectivity index (χ3v) is 4.99. The minimum absolute atomic E-state index is 0.104. The Kier molecular flexibility index (Phi) is 7.09. The Bertz CT molecular complexity index is 1160. The standard InChI is InChI=1S/C21H20FN3O3S2/c1-3-24-21(29)27-14-7-8-15-12(2)16(20(26)28-18(15)10-14)9-13-5-4-6-17(19(13)22)25-11-30-23/h3-8,10,25H,1,9,11,23H2,2H3,(H,24,29). The Balaban J connectivity index is 1.95. The van der Waals surface area contributed by atoms with Crippen molar-refractivity contribution in [2.75, 3.05) is 11.2 Å². The molecular weight excluding hydrogens is 425 g/mol. The van der Waals surface area contributed by atoms with Gasteiger partial charge in [-0.3, -0.25) is 5.14 Å². The number of hydrogen-bond acceptors (Lipinski definition) is 7. The lowest BCUT2D eigenvalue weighted by atomic mass is 9.99. The predicted octanol–water partition coefficient (Wildman–Crippen LogP) is 4.20. The van der Waals surface area contributed by atoms with E-state index in [2.05, 4.69) is 17.2 Å².